The van der Waals surface area contributed by atoms with Crippen molar-refractivity contribution in [2.45, 2.75) is 18.7 Å². The summed E-state index contributed by atoms with van der Waals surface area (Å²) >= 11 is 0. The van der Waals surface area contributed by atoms with Crippen LogP contribution in [0.25, 0.3) is 5.69 Å². The van der Waals surface area contributed by atoms with Crippen molar-refractivity contribution in [3.8, 4) is 5.69 Å². The Labute approximate surface area is 119 Å². The molecule has 0 spiro atoms. The van der Waals surface area contributed by atoms with Crippen LogP contribution in [0.3, 0.4) is 0 Å². The second-order valence-electron chi connectivity index (χ2n) is 4.12. The van der Waals surface area contributed by atoms with Crippen LogP contribution < -0.4 is 0 Å². The van der Waals surface area contributed by atoms with Crippen LogP contribution in [0.4, 0.5) is 5.69 Å². The predicted molar refractivity (Wildman–Crippen MR) is 72.7 cm³/mol. The van der Waals surface area contributed by atoms with Crippen molar-refractivity contribution in [3.63, 3.8) is 0 Å². The lowest BCUT2D eigenvalue weighted by molar-refractivity contribution is -0.384. The predicted octanol–water partition coefficient (Wildman–Crippen LogP) is 2.32. The fraction of sp³-hybridized carbons (Fsp3) is 0.182. The zero-order valence-electron chi connectivity index (χ0n) is 10.6. The molecule has 0 radical (unpaired) electrons. The average molecular weight is 316 g/mol. The number of benzene rings is 1. The van der Waals surface area contributed by atoms with Gasteiger partial charge in [-0.1, -0.05) is 0 Å². The van der Waals surface area contributed by atoms with Crippen molar-refractivity contribution >= 4 is 25.4 Å². The first-order chi connectivity index (χ1) is 9.21. The van der Waals surface area contributed by atoms with E-state index in [-0.39, 0.29) is 16.3 Å². The van der Waals surface area contributed by atoms with Crippen molar-refractivity contribution in [3.05, 3.63) is 45.8 Å². The molecule has 0 N–H and O–H groups in total. The first-order valence-electron chi connectivity index (χ1n) is 5.47. The number of hydrogen-bond donors (Lipinski definition) is 0. The number of nitrogens with zero attached hydrogens (tertiary/aromatic N) is 3. The zero-order chi connectivity index (χ0) is 15.1. The van der Waals surface area contributed by atoms with E-state index >= 15 is 0 Å². The summed E-state index contributed by atoms with van der Waals surface area (Å²) in [6.07, 6.45) is 0. The SMILES string of the molecule is Cc1nn(-c2ccc([N+](=O)[O-])cc2)c(C)c1S(=O)(=O)Cl. The molecule has 0 bridgehead atoms. The molecule has 1 aromatic heterocycles. The van der Waals surface area contributed by atoms with Gasteiger partial charge in [0.15, 0.2) is 0 Å². The second kappa shape index (κ2) is 4.88. The number of hydrogen-bond acceptors (Lipinski definition) is 5. The van der Waals surface area contributed by atoms with Gasteiger partial charge in [0, 0.05) is 22.8 Å². The topological polar surface area (TPSA) is 95.1 Å². The van der Waals surface area contributed by atoms with Gasteiger partial charge in [-0.15, -0.1) is 0 Å². The van der Waals surface area contributed by atoms with E-state index in [0.29, 0.717) is 11.4 Å². The summed E-state index contributed by atoms with van der Waals surface area (Å²) in [5.74, 6) is 0. The van der Waals surface area contributed by atoms with Crippen molar-refractivity contribution in [2.24, 2.45) is 0 Å². The molecule has 1 aromatic carbocycles. The van der Waals surface area contributed by atoms with Gasteiger partial charge in [-0.3, -0.25) is 10.1 Å². The quantitative estimate of drug-likeness (QED) is 0.492. The molecule has 0 unspecified atom stereocenters. The number of aromatic nitrogens is 2. The first-order valence-corrected chi connectivity index (χ1v) is 7.78. The van der Waals surface area contributed by atoms with Gasteiger partial charge >= 0.3 is 0 Å². The summed E-state index contributed by atoms with van der Waals surface area (Å²) in [5.41, 5.74) is 1.09. The highest BCUT2D eigenvalue weighted by Crippen LogP contribution is 2.26. The lowest BCUT2D eigenvalue weighted by Gasteiger charge is -2.04. The van der Waals surface area contributed by atoms with Crippen LogP contribution in [0, 0.1) is 24.0 Å². The van der Waals surface area contributed by atoms with Gasteiger partial charge in [-0.05, 0) is 26.0 Å². The molecule has 1 heterocycles. The molecule has 0 aliphatic heterocycles. The van der Waals surface area contributed by atoms with Crippen molar-refractivity contribution in [1.29, 1.82) is 0 Å². The first kappa shape index (κ1) is 14.5. The lowest BCUT2D eigenvalue weighted by Crippen LogP contribution is -2.00. The third kappa shape index (κ3) is 2.52. The van der Waals surface area contributed by atoms with E-state index in [2.05, 4.69) is 5.10 Å². The molecule has 0 atom stereocenters. The fourth-order valence-corrected chi connectivity index (χ4v) is 3.45. The minimum atomic E-state index is -3.89. The summed E-state index contributed by atoms with van der Waals surface area (Å²) in [7, 11) is 1.47. The lowest BCUT2D eigenvalue weighted by atomic mass is 10.3. The minimum Gasteiger partial charge on any atom is -0.258 e. The summed E-state index contributed by atoms with van der Waals surface area (Å²) in [4.78, 5) is 10.0. The van der Waals surface area contributed by atoms with E-state index in [0.717, 1.165) is 0 Å². The molecular formula is C11H10ClN3O4S. The number of nitro benzene ring substituents is 1. The summed E-state index contributed by atoms with van der Waals surface area (Å²) in [6.45, 7) is 3.10. The van der Waals surface area contributed by atoms with Gasteiger partial charge < -0.3 is 0 Å². The van der Waals surface area contributed by atoms with Crippen molar-refractivity contribution in [1.82, 2.24) is 9.78 Å². The van der Waals surface area contributed by atoms with Gasteiger partial charge in [0.1, 0.15) is 4.90 Å². The van der Waals surface area contributed by atoms with Crippen LogP contribution in [-0.4, -0.2) is 23.1 Å². The van der Waals surface area contributed by atoms with Gasteiger partial charge in [-0.25, -0.2) is 13.1 Å². The average Bonchev–Trinajstić information content (AvgIpc) is 2.64. The molecule has 2 rings (SSSR count). The molecule has 106 valence electrons. The monoisotopic (exact) mass is 315 g/mol. The number of nitro groups is 1. The molecule has 0 saturated carbocycles. The van der Waals surface area contributed by atoms with Crippen LogP contribution >= 0.6 is 10.7 Å². The van der Waals surface area contributed by atoms with Crippen molar-refractivity contribution < 1.29 is 13.3 Å². The number of halogens is 1. The van der Waals surface area contributed by atoms with E-state index in [1.54, 1.807) is 6.92 Å². The Morgan fingerprint density at radius 3 is 2.20 bits per heavy atom. The Balaban J connectivity index is 2.57. The summed E-state index contributed by atoms with van der Waals surface area (Å²) in [6, 6.07) is 5.62. The molecule has 0 fully saturated rings. The van der Waals surface area contributed by atoms with Gasteiger partial charge in [0.25, 0.3) is 14.7 Å². The number of aryl methyl sites for hydroxylation is 1. The molecule has 0 saturated heterocycles. The smallest absolute Gasteiger partial charge is 0.258 e. The zero-order valence-corrected chi connectivity index (χ0v) is 12.1. The van der Waals surface area contributed by atoms with Crippen molar-refractivity contribution in [2.75, 3.05) is 0 Å². The molecule has 0 amide bonds. The minimum absolute atomic E-state index is 0.0440. The summed E-state index contributed by atoms with van der Waals surface area (Å²) < 4.78 is 24.4. The summed E-state index contributed by atoms with van der Waals surface area (Å²) in [5, 5.41) is 14.7. The maximum atomic E-state index is 11.5. The highest BCUT2D eigenvalue weighted by molar-refractivity contribution is 8.13. The van der Waals surface area contributed by atoms with Crippen LogP contribution in [0.1, 0.15) is 11.4 Å². The Hall–Kier alpha value is -1.93. The highest BCUT2D eigenvalue weighted by atomic mass is 35.7. The fourth-order valence-electron chi connectivity index (χ4n) is 1.95. The van der Waals surface area contributed by atoms with Crippen LogP contribution in [0.15, 0.2) is 29.2 Å². The molecule has 2 aromatic rings. The van der Waals surface area contributed by atoms with Crippen LogP contribution in [0.2, 0.25) is 0 Å². The molecule has 9 heteroatoms. The van der Waals surface area contributed by atoms with Gasteiger partial charge in [0.05, 0.1) is 22.0 Å². The Kier molecular flexibility index (Phi) is 3.53. The molecule has 0 aliphatic carbocycles. The van der Waals surface area contributed by atoms with E-state index in [1.165, 1.54) is 35.9 Å². The van der Waals surface area contributed by atoms with Gasteiger partial charge in [0.2, 0.25) is 0 Å². The normalized spacial score (nSPS) is 11.6. The van der Waals surface area contributed by atoms with E-state index in [9.17, 15) is 18.5 Å². The maximum Gasteiger partial charge on any atom is 0.269 e. The Morgan fingerprint density at radius 1 is 1.25 bits per heavy atom. The maximum absolute atomic E-state index is 11.5. The van der Waals surface area contributed by atoms with Crippen LogP contribution in [-0.2, 0) is 9.05 Å². The largest absolute Gasteiger partial charge is 0.269 e. The van der Waals surface area contributed by atoms with Gasteiger partial charge in [-0.2, -0.15) is 5.10 Å². The van der Waals surface area contributed by atoms with E-state index in [4.69, 9.17) is 10.7 Å². The van der Waals surface area contributed by atoms with E-state index in [1.807, 2.05) is 0 Å². The number of rotatable bonds is 3. The Morgan fingerprint density at radius 2 is 1.80 bits per heavy atom. The molecule has 0 aliphatic rings. The number of non-ortho nitro benzene ring substituents is 1. The Bertz CT molecular complexity index is 781. The molecule has 7 nitrogen and oxygen atoms in total. The van der Waals surface area contributed by atoms with Crippen LogP contribution in [0.5, 0.6) is 0 Å². The molecular weight excluding hydrogens is 306 g/mol. The highest BCUT2D eigenvalue weighted by Gasteiger charge is 2.23. The van der Waals surface area contributed by atoms with E-state index < -0.39 is 14.0 Å². The third-order valence-corrected chi connectivity index (χ3v) is 4.32. The second-order valence-corrected chi connectivity index (χ2v) is 6.63. The standard InChI is InChI=1S/C11H10ClN3O4S/c1-7-11(20(12,18)19)8(2)14(13-7)9-3-5-10(6-4-9)15(16)17/h3-6H,1-2H3. The molecule has 20 heavy (non-hydrogen) atoms. The third-order valence-electron chi connectivity index (χ3n) is 2.77.